The second kappa shape index (κ2) is 12.5. The van der Waals surface area contributed by atoms with Crippen molar-refractivity contribution in [1.29, 1.82) is 0 Å². The Morgan fingerprint density at radius 3 is 2.00 bits per heavy atom. The van der Waals surface area contributed by atoms with Crippen LogP contribution in [0.5, 0.6) is 0 Å². The lowest BCUT2D eigenvalue weighted by Gasteiger charge is -2.16. The Balaban J connectivity index is 1.23. The fourth-order valence-electron chi connectivity index (χ4n) is 6.94. The summed E-state index contributed by atoms with van der Waals surface area (Å²) in [6, 6.07) is 31.1. The molecule has 0 unspecified atom stereocenters. The van der Waals surface area contributed by atoms with Gasteiger partial charge in [-0.1, -0.05) is 30.3 Å². The zero-order chi connectivity index (χ0) is 34.5. The fourth-order valence-corrected chi connectivity index (χ4v) is 6.94. The predicted molar refractivity (Wildman–Crippen MR) is 201 cm³/mol. The van der Waals surface area contributed by atoms with Gasteiger partial charge in [0.1, 0.15) is 5.82 Å². The van der Waals surface area contributed by atoms with Crippen LogP contribution in [0.25, 0.3) is 78.0 Å². The van der Waals surface area contributed by atoms with Crippen molar-refractivity contribution >= 4 is 22.1 Å². The molecule has 8 aromatic rings. The van der Waals surface area contributed by atoms with E-state index in [0.717, 1.165) is 90.1 Å². The molecule has 0 aliphatic heterocycles. The van der Waals surface area contributed by atoms with Crippen LogP contribution >= 0.6 is 0 Å². The van der Waals surface area contributed by atoms with Gasteiger partial charge in [-0.05, 0) is 123 Å². The van der Waals surface area contributed by atoms with E-state index in [-0.39, 0.29) is 5.82 Å². The number of imidazole rings is 2. The summed E-state index contributed by atoms with van der Waals surface area (Å²) in [5.74, 6) is -0.227. The van der Waals surface area contributed by atoms with Gasteiger partial charge in [0, 0.05) is 52.8 Å². The molecule has 0 atom stereocenters. The average molecular weight is 657 g/mol. The van der Waals surface area contributed by atoms with Crippen molar-refractivity contribution in [3.8, 4) is 55.9 Å². The lowest BCUT2D eigenvalue weighted by atomic mass is 9.92. The number of pyridine rings is 2. The summed E-state index contributed by atoms with van der Waals surface area (Å²) in [6.07, 6.45) is 7.57. The van der Waals surface area contributed by atoms with Crippen molar-refractivity contribution < 1.29 is 4.39 Å². The molecule has 0 aliphatic carbocycles. The van der Waals surface area contributed by atoms with Crippen LogP contribution in [-0.2, 0) is 6.54 Å². The van der Waals surface area contributed by atoms with Crippen LogP contribution < -0.4 is 0 Å². The summed E-state index contributed by atoms with van der Waals surface area (Å²) in [5.41, 5.74) is 15.7. The number of nitrogens with zero attached hydrogens (tertiary/aromatic N) is 6. The lowest BCUT2D eigenvalue weighted by molar-refractivity contribution is 0.617. The largest absolute Gasteiger partial charge is 0.331 e. The molecule has 0 fully saturated rings. The normalized spacial score (nSPS) is 11.7. The number of hydrogen-bond acceptors (Lipinski definition) is 4. The minimum absolute atomic E-state index is 0.227. The molecule has 50 heavy (non-hydrogen) atoms. The number of halogens is 1. The monoisotopic (exact) mass is 656 g/mol. The van der Waals surface area contributed by atoms with E-state index in [1.165, 1.54) is 6.07 Å². The molecule has 0 bridgehead atoms. The molecular formula is C43H37FN6. The van der Waals surface area contributed by atoms with Gasteiger partial charge in [-0.15, -0.1) is 0 Å². The van der Waals surface area contributed by atoms with Gasteiger partial charge in [-0.25, -0.2) is 14.4 Å². The molecule has 7 heteroatoms. The van der Waals surface area contributed by atoms with Gasteiger partial charge < -0.3 is 9.13 Å². The second-order valence-corrected chi connectivity index (χ2v) is 13.2. The predicted octanol–water partition coefficient (Wildman–Crippen LogP) is 10.9. The van der Waals surface area contributed by atoms with Crippen molar-refractivity contribution in [3.63, 3.8) is 0 Å². The highest BCUT2D eigenvalue weighted by Gasteiger charge is 2.17. The van der Waals surface area contributed by atoms with E-state index in [2.05, 4.69) is 114 Å². The Morgan fingerprint density at radius 2 is 1.26 bits per heavy atom. The van der Waals surface area contributed by atoms with E-state index >= 15 is 0 Å². The van der Waals surface area contributed by atoms with Gasteiger partial charge in [0.2, 0.25) is 0 Å². The third-order valence-corrected chi connectivity index (χ3v) is 9.65. The molecule has 0 amide bonds. The third-order valence-electron chi connectivity index (χ3n) is 9.65. The van der Waals surface area contributed by atoms with Gasteiger partial charge in [-0.2, -0.15) is 0 Å². The lowest BCUT2D eigenvalue weighted by Crippen LogP contribution is -1.98. The van der Waals surface area contributed by atoms with Crippen LogP contribution in [0.15, 0.2) is 116 Å². The Bertz CT molecular complexity index is 2560. The van der Waals surface area contributed by atoms with Gasteiger partial charge in [0.15, 0.2) is 0 Å². The van der Waals surface area contributed by atoms with Crippen LogP contribution in [0.1, 0.15) is 37.9 Å². The zero-order valence-electron chi connectivity index (χ0n) is 28.8. The average Bonchev–Trinajstić information content (AvgIpc) is 3.76. The van der Waals surface area contributed by atoms with E-state index < -0.39 is 0 Å². The fraction of sp³-hybridized carbons (Fsp3) is 0.163. The van der Waals surface area contributed by atoms with Crippen LogP contribution in [0.3, 0.4) is 0 Å². The minimum Gasteiger partial charge on any atom is -0.331 e. The van der Waals surface area contributed by atoms with E-state index in [9.17, 15) is 4.39 Å². The maximum atomic E-state index is 14.3. The van der Waals surface area contributed by atoms with Crippen LogP contribution in [0.2, 0.25) is 0 Å². The van der Waals surface area contributed by atoms with Crippen LogP contribution in [-0.4, -0.2) is 29.1 Å². The molecule has 4 aromatic heterocycles. The summed E-state index contributed by atoms with van der Waals surface area (Å²) in [4.78, 5) is 19.1. The summed E-state index contributed by atoms with van der Waals surface area (Å²) in [7, 11) is 0. The second-order valence-electron chi connectivity index (χ2n) is 13.2. The molecule has 8 rings (SSSR count). The van der Waals surface area contributed by atoms with Crippen LogP contribution in [0, 0.1) is 19.7 Å². The number of aromatic nitrogens is 6. The van der Waals surface area contributed by atoms with E-state index in [4.69, 9.17) is 9.97 Å². The van der Waals surface area contributed by atoms with Gasteiger partial charge in [-0.3, -0.25) is 9.97 Å². The maximum absolute atomic E-state index is 14.3. The van der Waals surface area contributed by atoms with Crippen molar-refractivity contribution in [2.75, 3.05) is 0 Å². The standard InChI is InChI=1S/C43H37FN6/c1-6-49-24-47-38-15-12-30(21-40(38)49)36-20-33(23-46-43(36)32-10-14-37(44)28(5)19-32)34-13-9-31(18-27(34)4)42-35(8-7-17-45-42)29-11-16-39-41(22-29)50(25-48-39)26(2)3/h7-26H,6H2,1-5H3. The topological polar surface area (TPSA) is 61.4 Å². The van der Waals surface area contributed by atoms with E-state index in [1.807, 2.05) is 43.2 Å². The number of aryl methyl sites for hydroxylation is 3. The van der Waals surface area contributed by atoms with Crippen molar-refractivity contribution in [2.24, 2.45) is 0 Å². The molecule has 0 N–H and O–H groups in total. The maximum Gasteiger partial charge on any atom is 0.126 e. The minimum atomic E-state index is -0.227. The van der Waals surface area contributed by atoms with Gasteiger partial charge in [0.05, 0.1) is 46.1 Å². The highest BCUT2D eigenvalue weighted by atomic mass is 19.1. The zero-order valence-corrected chi connectivity index (χ0v) is 28.8. The molecule has 4 aromatic carbocycles. The summed E-state index contributed by atoms with van der Waals surface area (Å²) >= 11 is 0. The Labute approximate surface area is 291 Å². The van der Waals surface area contributed by atoms with Gasteiger partial charge in [0.25, 0.3) is 0 Å². The number of benzene rings is 4. The van der Waals surface area contributed by atoms with Crippen LogP contribution in [0.4, 0.5) is 4.39 Å². The Kier molecular flexibility index (Phi) is 7.83. The third kappa shape index (κ3) is 5.45. The first-order valence-corrected chi connectivity index (χ1v) is 17.0. The SMILES string of the molecule is CCn1cnc2ccc(-c3cc(-c4ccc(-c5ncccc5-c5ccc6ncn(C(C)C)c6c5)cc4C)cnc3-c3ccc(F)c(C)c3)cc21. The summed E-state index contributed by atoms with van der Waals surface area (Å²) in [5, 5.41) is 0. The molecule has 0 saturated heterocycles. The number of hydrogen-bond donors (Lipinski definition) is 0. The van der Waals surface area contributed by atoms with Crippen molar-refractivity contribution in [3.05, 3.63) is 133 Å². The molecule has 4 heterocycles. The first-order chi connectivity index (χ1) is 24.3. The quantitative estimate of drug-likeness (QED) is 0.171. The van der Waals surface area contributed by atoms with Crippen molar-refractivity contribution in [1.82, 2.24) is 29.1 Å². The number of rotatable bonds is 7. The van der Waals surface area contributed by atoms with Gasteiger partial charge >= 0.3 is 0 Å². The molecule has 0 aliphatic rings. The Morgan fingerprint density at radius 1 is 0.600 bits per heavy atom. The molecule has 246 valence electrons. The molecule has 0 saturated carbocycles. The highest BCUT2D eigenvalue weighted by molar-refractivity contribution is 5.91. The molecular weight excluding hydrogens is 620 g/mol. The smallest absolute Gasteiger partial charge is 0.126 e. The van der Waals surface area contributed by atoms with E-state index in [1.54, 1.807) is 6.92 Å². The number of fused-ring (bicyclic) bond motifs is 2. The molecule has 0 spiro atoms. The molecule has 6 nitrogen and oxygen atoms in total. The summed E-state index contributed by atoms with van der Waals surface area (Å²) in [6.45, 7) is 11.2. The first kappa shape index (κ1) is 31.3. The highest BCUT2D eigenvalue weighted by Crippen LogP contribution is 2.38. The van der Waals surface area contributed by atoms with E-state index in [0.29, 0.717) is 11.6 Å². The van der Waals surface area contributed by atoms with Crippen molar-refractivity contribution in [2.45, 2.75) is 47.2 Å². The first-order valence-electron chi connectivity index (χ1n) is 17.0. The molecule has 0 radical (unpaired) electrons. The summed E-state index contributed by atoms with van der Waals surface area (Å²) < 4.78 is 18.7. The Hall–Kier alpha value is -5.95.